The fourth-order valence-corrected chi connectivity index (χ4v) is 2.56. The van der Waals surface area contributed by atoms with Crippen molar-refractivity contribution in [2.24, 2.45) is 11.8 Å². The Balaban J connectivity index is 2.25. The molecule has 2 amide bonds. The first-order valence-electron chi connectivity index (χ1n) is 6.93. The van der Waals surface area contributed by atoms with Gasteiger partial charge >= 0.3 is 0 Å². The molecule has 2 atom stereocenters. The van der Waals surface area contributed by atoms with E-state index in [2.05, 4.69) is 10.6 Å². The van der Waals surface area contributed by atoms with Crippen molar-refractivity contribution in [1.82, 2.24) is 10.6 Å². The molecule has 1 saturated carbocycles. The lowest BCUT2D eigenvalue weighted by molar-refractivity contribution is -0.120. The van der Waals surface area contributed by atoms with Gasteiger partial charge in [0, 0.05) is 13.1 Å². The molecule has 0 radical (unpaired) electrons. The van der Waals surface area contributed by atoms with Gasteiger partial charge in [0.2, 0.25) is 11.8 Å². The van der Waals surface area contributed by atoms with Gasteiger partial charge in [-0.15, -0.1) is 0 Å². The minimum absolute atomic E-state index is 0.0969. The van der Waals surface area contributed by atoms with E-state index in [0.29, 0.717) is 24.9 Å². The van der Waals surface area contributed by atoms with Crippen molar-refractivity contribution in [2.75, 3.05) is 13.1 Å². The molecule has 1 aliphatic rings. The monoisotopic (exact) mass is 276 g/mol. The van der Waals surface area contributed by atoms with Gasteiger partial charge < -0.3 is 10.6 Å². The van der Waals surface area contributed by atoms with Gasteiger partial charge in [0.1, 0.15) is 12.8 Å². The molecule has 108 valence electrons. The normalized spacial score (nSPS) is 21.3. The maximum absolute atomic E-state index is 11.2. The Hall–Kier alpha value is -2.08. The van der Waals surface area contributed by atoms with Crippen LogP contribution in [0, 0.1) is 34.5 Å². The van der Waals surface area contributed by atoms with Gasteiger partial charge in [-0.1, -0.05) is 6.42 Å². The van der Waals surface area contributed by atoms with E-state index >= 15 is 0 Å². The van der Waals surface area contributed by atoms with Crippen LogP contribution in [-0.4, -0.2) is 24.9 Å². The lowest BCUT2D eigenvalue weighted by atomic mass is 9.81. The molecule has 1 fully saturated rings. The number of nitrogens with one attached hydrogen (secondary N) is 2. The minimum atomic E-state index is -0.225. The Morgan fingerprint density at radius 2 is 1.40 bits per heavy atom. The lowest BCUT2D eigenvalue weighted by Crippen LogP contribution is -2.35. The van der Waals surface area contributed by atoms with Crippen LogP contribution in [0.15, 0.2) is 0 Å². The molecular formula is C14H20N4O2. The first-order valence-corrected chi connectivity index (χ1v) is 6.93. The van der Waals surface area contributed by atoms with Gasteiger partial charge in [-0.25, -0.2) is 0 Å². The zero-order chi connectivity index (χ0) is 14.8. The molecule has 0 heterocycles. The van der Waals surface area contributed by atoms with E-state index in [4.69, 9.17) is 10.5 Å². The van der Waals surface area contributed by atoms with Crippen molar-refractivity contribution in [3.05, 3.63) is 0 Å². The zero-order valence-corrected chi connectivity index (χ0v) is 11.5. The largest absolute Gasteiger partial charge is 0.355 e. The summed E-state index contributed by atoms with van der Waals surface area (Å²) in [5, 5.41) is 22.3. The van der Waals surface area contributed by atoms with Gasteiger partial charge in [0.15, 0.2) is 0 Å². The molecule has 0 unspecified atom stereocenters. The molecule has 6 heteroatoms. The number of amides is 2. The Bertz CT molecular complexity index is 384. The molecule has 1 rings (SSSR count). The molecule has 2 N–H and O–H groups in total. The minimum Gasteiger partial charge on any atom is -0.355 e. The van der Waals surface area contributed by atoms with Crippen LogP contribution < -0.4 is 10.6 Å². The molecule has 6 nitrogen and oxygen atoms in total. The van der Waals surface area contributed by atoms with Crippen molar-refractivity contribution in [3.8, 4) is 12.1 Å². The Kier molecular flexibility index (Phi) is 7.13. The first kappa shape index (κ1) is 16.0. The number of nitriles is 2. The topological polar surface area (TPSA) is 106 Å². The average Bonchev–Trinajstić information content (AvgIpc) is 2.44. The van der Waals surface area contributed by atoms with Crippen molar-refractivity contribution >= 4 is 11.8 Å². The van der Waals surface area contributed by atoms with Gasteiger partial charge in [-0.2, -0.15) is 10.5 Å². The third kappa shape index (κ3) is 6.19. The van der Waals surface area contributed by atoms with Gasteiger partial charge in [-0.3, -0.25) is 9.59 Å². The van der Waals surface area contributed by atoms with Crippen LogP contribution in [0.5, 0.6) is 0 Å². The number of nitrogens with zero attached hydrogens (tertiary/aromatic N) is 2. The average molecular weight is 276 g/mol. The van der Waals surface area contributed by atoms with E-state index in [-0.39, 0.29) is 24.7 Å². The molecule has 1 aliphatic carbocycles. The van der Waals surface area contributed by atoms with Gasteiger partial charge in [0.25, 0.3) is 0 Å². The summed E-state index contributed by atoms with van der Waals surface area (Å²) in [5.74, 6) is 0.363. The van der Waals surface area contributed by atoms with Gasteiger partial charge in [0.05, 0.1) is 12.1 Å². The standard InChI is InChI=1S/C14H20N4O2/c15-6-4-13(19)17-9-11-2-1-3-12(8-11)10-18-14(20)5-7-16/h11-12H,1-5,8-10H2,(H,17,19)(H,18,20)/t11-,12+. The number of carbonyl (C=O) groups excluding carboxylic acids is 2. The predicted molar refractivity (Wildman–Crippen MR) is 71.9 cm³/mol. The lowest BCUT2D eigenvalue weighted by Gasteiger charge is -2.29. The maximum Gasteiger partial charge on any atom is 0.234 e. The van der Waals surface area contributed by atoms with Gasteiger partial charge in [-0.05, 0) is 31.1 Å². The molecule has 0 spiro atoms. The molecule has 0 aromatic heterocycles. The van der Waals surface area contributed by atoms with E-state index in [1.165, 1.54) is 0 Å². The van der Waals surface area contributed by atoms with Crippen LogP contribution in [0.4, 0.5) is 0 Å². The van der Waals surface area contributed by atoms with Crippen LogP contribution in [0.25, 0.3) is 0 Å². The second-order valence-electron chi connectivity index (χ2n) is 5.18. The molecule has 0 aliphatic heterocycles. The van der Waals surface area contributed by atoms with E-state index in [0.717, 1.165) is 25.7 Å². The molecule has 20 heavy (non-hydrogen) atoms. The van der Waals surface area contributed by atoms with Crippen LogP contribution in [0.2, 0.25) is 0 Å². The fraction of sp³-hybridized carbons (Fsp3) is 0.714. The third-order valence-corrected chi connectivity index (χ3v) is 3.55. The first-order chi connectivity index (χ1) is 9.65. The van der Waals surface area contributed by atoms with E-state index in [1.807, 2.05) is 12.1 Å². The maximum atomic E-state index is 11.2. The van der Waals surface area contributed by atoms with E-state index < -0.39 is 0 Å². The fourth-order valence-electron chi connectivity index (χ4n) is 2.56. The zero-order valence-electron chi connectivity index (χ0n) is 11.5. The highest BCUT2D eigenvalue weighted by Gasteiger charge is 2.22. The van der Waals surface area contributed by atoms with Crippen LogP contribution in [-0.2, 0) is 9.59 Å². The number of carbonyl (C=O) groups is 2. The molecule has 0 aromatic rings. The second kappa shape index (κ2) is 8.92. The SMILES string of the molecule is N#CCC(=O)NC[C@H]1CCC[C@@H](CNC(=O)CC#N)C1. The highest BCUT2D eigenvalue weighted by atomic mass is 16.2. The van der Waals surface area contributed by atoms with Crippen molar-refractivity contribution in [3.63, 3.8) is 0 Å². The summed E-state index contributed by atoms with van der Waals surface area (Å²) in [6, 6.07) is 3.65. The van der Waals surface area contributed by atoms with Crippen molar-refractivity contribution < 1.29 is 9.59 Å². The molecule has 0 bridgehead atoms. The quantitative estimate of drug-likeness (QED) is 0.750. The van der Waals surface area contributed by atoms with Crippen molar-refractivity contribution in [1.29, 1.82) is 10.5 Å². The summed E-state index contributed by atoms with van der Waals surface area (Å²) >= 11 is 0. The number of rotatable bonds is 6. The highest BCUT2D eigenvalue weighted by molar-refractivity contribution is 5.78. The number of hydrogen-bond acceptors (Lipinski definition) is 4. The summed E-state index contributed by atoms with van der Waals surface area (Å²) < 4.78 is 0. The predicted octanol–water partition coefficient (Wildman–Crippen LogP) is 0.853. The summed E-state index contributed by atoms with van der Waals surface area (Å²) in [6.07, 6.45) is 3.98. The third-order valence-electron chi connectivity index (χ3n) is 3.55. The molecule has 0 aromatic carbocycles. The molecular weight excluding hydrogens is 256 g/mol. The summed E-state index contributed by atoms with van der Waals surface area (Å²) in [6.45, 7) is 1.20. The van der Waals surface area contributed by atoms with E-state index in [9.17, 15) is 9.59 Å². The van der Waals surface area contributed by atoms with Crippen LogP contribution in [0.1, 0.15) is 38.5 Å². The summed E-state index contributed by atoms with van der Waals surface area (Å²) in [5.41, 5.74) is 0. The Morgan fingerprint density at radius 1 is 0.950 bits per heavy atom. The smallest absolute Gasteiger partial charge is 0.234 e. The summed E-state index contributed by atoms with van der Waals surface area (Å²) in [7, 11) is 0. The van der Waals surface area contributed by atoms with E-state index in [1.54, 1.807) is 0 Å². The van der Waals surface area contributed by atoms with Crippen LogP contribution in [0.3, 0.4) is 0 Å². The summed E-state index contributed by atoms with van der Waals surface area (Å²) in [4.78, 5) is 22.5. The Morgan fingerprint density at radius 3 is 1.80 bits per heavy atom. The second-order valence-corrected chi connectivity index (χ2v) is 5.18. The van der Waals surface area contributed by atoms with Crippen LogP contribution >= 0.6 is 0 Å². The number of hydrogen-bond donors (Lipinski definition) is 2. The van der Waals surface area contributed by atoms with Crippen molar-refractivity contribution in [2.45, 2.75) is 38.5 Å². The molecule has 0 saturated heterocycles. The Labute approximate surface area is 119 Å². The highest BCUT2D eigenvalue weighted by Crippen LogP contribution is 2.28.